The highest BCUT2D eigenvalue weighted by Crippen LogP contribution is 2.49. The minimum atomic E-state index is -1.16. The molecule has 1 aliphatic heterocycles. The zero-order chi connectivity index (χ0) is 18.9. The molecular formula is C22H19O4P. The third-order valence-corrected chi connectivity index (χ3v) is 4.71. The fourth-order valence-corrected chi connectivity index (χ4v) is 3.52. The first-order valence-electron chi connectivity index (χ1n) is 8.74. The third-order valence-electron chi connectivity index (χ3n) is 4.38. The van der Waals surface area contributed by atoms with E-state index < -0.39 is 11.8 Å². The Bertz CT molecular complexity index is 931. The van der Waals surface area contributed by atoms with Crippen molar-refractivity contribution in [1.29, 1.82) is 0 Å². The molecule has 5 heteroatoms. The number of carbonyl (C=O) groups excluding carboxylic acids is 1. The lowest BCUT2D eigenvalue weighted by molar-refractivity contribution is -0.0462. The molecule has 0 saturated heterocycles. The van der Waals surface area contributed by atoms with Crippen LogP contribution in [0.5, 0.6) is 11.5 Å². The van der Waals surface area contributed by atoms with Crippen LogP contribution in [0.25, 0.3) is 0 Å². The third kappa shape index (κ3) is 3.07. The lowest BCUT2D eigenvalue weighted by Crippen LogP contribution is -2.36. The Balaban J connectivity index is 1.89. The number of carbonyl (C=O) groups is 1. The average Bonchev–Trinajstić information content (AvgIpc) is 3.09. The molecule has 0 saturated carbocycles. The van der Waals surface area contributed by atoms with Crippen molar-refractivity contribution in [1.82, 2.24) is 0 Å². The predicted octanol–water partition coefficient (Wildman–Crippen LogP) is 4.04. The van der Waals surface area contributed by atoms with Crippen LogP contribution in [0.2, 0.25) is 0 Å². The molecule has 1 atom stereocenters. The number of hydrogen-bond acceptors (Lipinski definition) is 4. The maximum absolute atomic E-state index is 12.5. The summed E-state index contributed by atoms with van der Waals surface area (Å²) in [5, 5.41) is 0.817. The van der Waals surface area contributed by atoms with E-state index in [0.29, 0.717) is 17.1 Å². The second-order valence-electron chi connectivity index (χ2n) is 6.17. The lowest BCUT2D eigenvalue weighted by atomic mass is 9.97. The largest absolute Gasteiger partial charge is 0.462 e. The molecule has 27 heavy (non-hydrogen) atoms. The van der Waals surface area contributed by atoms with Crippen LogP contribution in [0.1, 0.15) is 28.4 Å². The molecule has 0 N–H and O–H groups in total. The average molecular weight is 378 g/mol. The van der Waals surface area contributed by atoms with Gasteiger partial charge in [0, 0.05) is 11.1 Å². The van der Waals surface area contributed by atoms with Crippen LogP contribution < -0.4 is 14.8 Å². The molecule has 3 aromatic rings. The molecule has 0 amide bonds. The highest BCUT2D eigenvalue weighted by molar-refractivity contribution is 7.27. The maximum Gasteiger partial charge on any atom is 0.342 e. The minimum Gasteiger partial charge on any atom is -0.462 e. The van der Waals surface area contributed by atoms with E-state index >= 15 is 0 Å². The zero-order valence-corrected chi connectivity index (χ0v) is 16.0. The summed E-state index contributed by atoms with van der Waals surface area (Å²) in [4.78, 5) is 12.5. The lowest BCUT2D eigenvalue weighted by Gasteiger charge is -2.28. The molecular weight excluding hydrogens is 359 g/mol. The van der Waals surface area contributed by atoms with E-state index in [9.17, 15) is 4.79 Å². The smallest absolute Gasteiger partial charge is 0.342 e. The van der Waals surface area contributed by atoms with E-state index in [1.54, 1.807) is 13.0 Å². The van der Waals surface area contributed by atoms with Crippen molar-refractivity contribution >= 4 is 20.5 Å². The molecule has 1 heterocycles. The van der Waals surface area contributed by atoms with E-state index in [0.717, 1.165) is 16.4 Å². The summed E-state index contributed by atoms with van der Waals surface area (Å²) in [5.74, 6) is -0.686. The second-order valence-corrected chi connectivity index (χ2v) is 6.84. The van der Waals surface area contributed by atoms with Gasteiger partial charge in [0.2, 0.25) is 0 Å². The van der Waals surface area contributed by atoms with E-state index in [4.69, 9.17) is 14.2 Å². The summed E-state index contributed by atoms with van der Waals surface area (Å²) >= 11 is 0. The van der Waals surface area contributed by atoms with Gasteiger partial charge in [-0.3, -0.25) is 0 Å². The molecule has 4 nitrogen and oxygen atoms in total. The summed E-state index contributed by atoms with van der Waals surface area (Å²) < 4.78 is 18.0. The predicted molar refractivity (Wildman–Crippen MR) is 107 cm³/mol. The highest BCUT2D eigenvalue weighted by Gasteiger charge is 2.47. The van der Waals surface area contributed by atoms with Crippen molar-refractivity contribution < 1.29 is 19.0 Å². The van der Waals surface area contributed by atoms with Gasteiger partial charge < -0.3 is 14.2 Å². The molecule has 0 bridgehead atoms. The van der Waals surface area contributed by atoms with Gasteiger partial charge in [-0.1, -0.05) is 60.7 Å². The van der Waals surface area contributed by atoms with Crippen molar-refractivity contribution in [3.05, 3.63) is 89.5 Å². The highest BCUT2D eigenvalue weighted by atomic mass is 31.0. The number of benzene rings is 3. The van der Waals surface area contributed by atoms with Gasteiger partial charge in [0.25, 0.3) is 0 Å². The fraction of sp³-hybridized carbons (Fsp3) is 0.136. The molecule has 4 rings (SSSR count). The van der Waals surface area contributed by atoms with E-state index in [1.807, 2.05) is 66.7 Å². The molecule has 0 spiro atoms. The number of hydrogen-bond donors (Lipinski definition) is 0. The quantitative estimate of drug-likeness (QED) is 0.508. The fourth-order valence-electron chi connectivity index (χ4n) is 3.20. The Labute approximate surface area is 160 Å². The van der Waals surface area contributed by atoms with E-state index in [-0.39, 0.29) is 6.61 Å². The van der Waals surface area contributed by atoms with Crippen LogP contribution in [0.4, 0.5) is 0 Å². The first-order chi connectivity index (χ1) is 13.1. The van der Waals surface area contributed by atoms with Gasteiger partial charge in [-0.25, -0.2) is 4.79 Å². The van der Waals surface area contributed by atoms with E-state index in [1.165, 1.54) is 0 Å². The molecule has 3 aromatic carbocycles. The number of esters is 1. The van der Waals surface area contributed by atoms with Crippen LogP contribution in [-0.2, 0) is 10.5 Å². The van der Waals surface area contributed by atoms with Gasteiger partial charge in [0.15, 0.2) is 11.5 Å². The summed E-state index contributed by atoms with van der Waals surface area (Å²) in [7, 11) is 2.59. The van der Waals surface area contributed by atoms with Crippen LogP contribution in [0.3, 0.4) is 0 Å². The van der Waals surface area contributed by atoms with Gasteiger partial charge in [-0.05, 0) is 24.4 Å². The number of fused-ring (bicyclic) bond motifs is 1. The standard InChI is InChI=1S/C22H19O4P/c1-2-24-21(23)18-13-17(27)14-19-20(18)26-22(25-19,15-9-5-3-6-10-15)16-11-7-4-8-12-16/h3-14H,2,27H2,1H3. The summed E-state index contributed by atoms with van der Waals surface area (Å²) in [6, 6.07) is 23.0. The Kier molecular flexibility index (Phi) is 4.59. The van der Waals surface area contributed by atoms with Gasteiger partial charge in [0.05, 0.1) is 6.61 Å². The molecule has 1 aliphatic rings. The van der Waals surface area contributed by atoms with Crippen molar-refractivity contribution in [3.8, 4) is 11.5 Å². The van der Waals surface area contributed by atoms with Gasteiger partial charge in [-0.2, -0.15) is 0 Å². The molecule has 0 fully saturated rings. The van der Waals surface area contributed by atoms with Crippen LogP contribution in [0.15, 0.2) is 72.8 Å². The Morgan fingerprint density at radius 1 is 0.963 bits per heavy atom. The second kappa shape index (κ2) is 7.05. The van der Waals surface area contributed by atoms with Gasteiger partial charge >= 0.3 is 11.8 Å². The summed E-state index contributed by atoms with van der Waals surface area (Å²) in [5.41, 5.74) is 2.04. The van der Waals surface area contributed by atoms with Crippen molar-refractivity contribution in [2.45, 2.75) is 12.7 Å². The van der Waals surface area contributed by atoms with Crippen LogP contribution in [0, 0.1) is 0 Å². The van der Waals surface area contributed by atoms with Crippen molar-refractivity contribution in [3.63, 3.8) is 0 Å². The first kappa shape index (κ1) is 17.6. The SMILES string of the molecule is CCOC(=O)c1cc(P)cc2c1OC(c1ccccc1)(c1ccccc1)O2. The Morgan fingerprint density at radius 3 is 2.11 bits per heavy atom. The maximum atomic E-state index is 12.5. The Morgan fingerprint density at radius 2 is 1.56 bits per heavy atom. The summed E-state index contributed by atoms with van der Waals surface area (Å²) in [6.45, 7) is 2.07. The van der Waals surface area contributed by atoms with Crippen molar-refractivity contribution in [2.24, 2.45) is 0 Å². The minimum absolute atomic E-state index is 0.290. The molecule has 0 aromatic heterocycles. The molecule has 0 aliphatic carbocycles. The van der Waals surface area contributed by atoms with Gasteiger partial charge in [-0.15, -0.1) is 9.24 Å². The van der Waals surface area contributed by atoms with Crippen LogP contribution >= 0.6 is 9.24 Å². The topological polar surface area (TPSA) is 44.8 Å². The summed E-state index contributed by atoms with van der Waals surface area (Å²) in [6.07, 6.45) is 0. The zero-order valence-electron chi connectivity index (χ0n) is 14.8. The number of ether oxygens (including phenoxy) is 3. The molecule has 0 radical (unpaired) electrons. The van der Waals surface area contributed by atoms with Crippen molar-refractivity contribution in [2.75, 3.05) is 6.61 Å². The molecule has 136 valence electrons. The number of rotatable bonds is 4. The Hall–Kier alpha value is -2.84. The normalized spacial score (nSPS) is 14.0. The van der Waals surface area contributed by atoms with Gasteiger partial charge in [0.1, 0.15) is 5.56 Å². The van der Waals surface area contributed by atoms with Crippen LogP contribution in [-0.4, -0.2) is 12.6 Å². The van der Waals surface area contributed by atoms with E-state index in [2.05, 4.69) is 9.24 Å². The monoisotopic (exact) mass is 378 g/mol. The molecule has 1 unspecified atom stereocenters. The first-order valence-corrected chi connectivity index (χ1v) is 9.31.